The molecule has 0 fully saturated rings. The fourth-order valence-corrected chi connectivity index (χ4v) is 3.90. The van der Waals surface area contributed by atoms with Gasteiger partial charge in [-0.2, -0.15) is 0 Å². The highest BCUT2D eigenvalue weighted by molar-refractivity contribution is 6.38. The quantitative estimate of drug-likeness (QED) is 0.301. The first-order valence-electron chi connectivity index (χ1n) is 12.5. The molecule has 0 saturated carbocycles. The summed E-state index contributed by atoms with van der Waals surface area (Å²) >= 11 is 0. The molecule has 0 aliphatic heterocycles. The molecule has 6 nitrogen and oxygen atoms in total. The van der Waals surface area contributed by atoms with Gasteiger partial charge in [-0.1, -0.05) is 81.3 Å². The van der Waals surface area contributed by atoms with Gasteiger partial charge in [0.2, 0.25) is 5.78 Å². The van der Waals surface area contributed by atoms with Crippen molar-refractivity contribution in [3.8, 4) is 0 Å². The van der Waals surface area contributed by atoms with E-state index in [4.69, 9.17) is 5.73 Å². The van der Waals surface area contributed by atoms with Gasteiger partial charge in [-0.3, -0.25) is 19.3 Å². The van der Waals surface area contributed by atoms with Crippen LogP contribution in [-0.2, 0) is 16.1 Å². The molecule has 0 aromatic heterocycles. The largest absolute Gasteiger partial charge is 0.363 e. The first-order chi connectivity index (χ1) is 16.8. The second-order valence-corrected chi connectivity index (χ2v) is 9.12. The van der Waals surface area contributed by atoms with Crippen molar-refractivity contribution in [3.63, 3.8) is 0 Å². The van der Waals surface area contributed by atoms with E-state index in [0.717, 1.165) is 37.1 Å². The van der Waals surface area contributed by atoms with Gasteiger partial charge in [0.05, 0.1) is 6.04 Å². The lowest BCUT2D eigenvalue weighted by atomic mass is 10.0. The molecule has 3 N–H and O–H groups in total. The van der Waals surface area contributed by atoms with Crippen molar-refractivity contribution < 1.29 is 14.4 Å². The Kier molecular flexibility index (Phi) is 11.4. The van der Waals surface area contributed by atoms with Gasteiger partial charge >= 0.3 is 0 Å². The van der Waals surface area contributed by atoms with Crippen LogP contribution in [0.5, 0.6) is 0 Å². The highest BCUT2D eigenvalue weighted by atomic mass is 16.2. The Labute approximate surface area is 209 Å². The molecular weight excluding hydrogens is 438 g/mol. The summed E-state index contributed by atoms with van der Waals surface area (Å²) in [5.41, 5.74) is 8.63. The number of nitrogens with two attached hydrogens (primary N) is 1. The maximum atomic E-state index is 13.0. The van der Waals surface area contributed by atoms with Crippen molar-refractivity contribution in [3.05, 3.63) is 70.8 Å². The average molecular weight is 478 g/mol. The fraction of sp³-hybridized carbons (Fsp3) is 0.414. The monoisotopic (exact) mass is 477 g/mol. The molecule has 0 heterocycles. The first kappa shape index (κ1) is 28.0. The van der Waals surface area contributed by atoms with Crippen molar-refractivity contribution in [1.82, 2.24) is 10.2 Å². The van der Waals surface area contributed by atoms with E-state index in [9.17, 15) is 14.4 Å². The van der Waals surface area contributed by atoms with Gasteiger partial charge in [-0.05, 0) is 56.0 Å². The van der Waals surface area contributed by atoms with Crippen LogP contribution in [0, 0.1) is 0 Å². The zero-order valence-corrected chi connectivity index (χ0v) is 21.4. The molecular formula is C29H39N3O3. The number of carbonyl (C=O) groups is 3. The Morgan fingerprint density at radius 2 is 1.66 bits per heavy atom. The summed E-state index contributed by atoms with van der Waals surface area (Å²) in [4.78, 5) is 39.0. The van der Waals surface area contributed by atoms with Crippen LogP contribution in [-0.4, -0.2) is 41.1 Å². The number of rotatable bonds is 14. The molecule has 1 atom stereocenters. The third-order valence-electron chi connectivity index (χ3n) is 5.98. The second-order valence-electron chi connectivity index (χ2n) is 9.12. The Balaban J connectivity index is 2.15. The van der Waals surface area contributed by atoms with Crippen LogP contribution in [0.1, 0.15) is 80.4 Å². The number of ketones is 1. The van der Waals surface area contributed by atoms with E-state index >= 15 is 0 Å². The van der Waals surface area contributed by atoms with Crippen molar-refractivity contribution in [2.24, 2.45) is 5.73 Å². The Morgan fingerprint density at radius 1 is 0.971 bits per heavy atom. The number of benzene rings is 2. The van der Waals surface area contributed by atoms with Gasteiger partial charge in [-0.25, -0.2) is 0 Å². The van der Waals surface area contributed by atoms with E-state index in [1.165, 1.54) is 5.56 Å². The average Bonchev–Trinajstić information content (AvgIpc) is 2.85. The molecule has 2 amide bonds. The molecule has 188 valence electrons. The van der Waals surface area contributed by atoms with Crippen molar-refractivity contribution >= 4 is 29.7 Å². The number of carbonyl (C=O) groups excluding carboxylic acids is 3. The number of nitrogens with zero attached hydrogens (tertiary/aromatic N) is 1. The number of unbranched alkanes of at least 4 members (excludes halogenated alkanes) is 1. The molecule has 0 spiro atoms. The van der Waals surface area contributed by atoms with Crippen molar-refractivity contribution in [2.75, 3.05) is 6.54 Å². The van der Waals surface area contributed by atoms with Gasteiger partial charge in [0.15, 0.2) is 0 Å². The van der Waals surface area contributed by atoms with Crippen LogP contribution >= 0.6 is 0 Å². The van der Waals surface area contributed by atoms with Crippen LogP contribution in [0.3, 0.4) is 0 Å². The topological polar surface area (TPSA) is 92.5 Å². The molecule has 0 radical (unpaired) electrons. The highest BCUT2D eigenvalue weighted by Crippen LogP contribution is 2.16. The zero-order valence-electron chi connectivity index (χ0n) is 21.4. The first-order valence-corrected chi connectivity index (χ1v) is 12.5. The lowest BCUT2D eigenvalue weighted by Crippen LogP contribution is -2.46. The summed E-state index contributed by atoms with van der Waals surface area (Å²) < 4.78 is 0. The fourth-order valence-electron chi connectivity index (χ4n) is 3.90. The third-order valence-corrected chi connectivity index (χ3v) is 5.98. The van der Waals surface area contributed by atoms with Gasteiger partial charge < -0.3 is 11.1 Å². The summed E-state index contributed by atoms with van der Waals surface area (Å²) in [6.07, 6.45) is 6.89. The van der Waals surface area contributed by atoms with Gasteiger partial charge in [-0.15, -0.1) is 0 Å². The van der Waals surface area contributed by atoms with E-state index in [0.29, 0.717) is 24.4 Å². The number of primary amides is 1. The van der Waals surface area contributed by atoms with Crippen molar-refractivity contribution in [1.29, 1.82) is 0 Å². The van der Waals surface area contributed by atoms with Gasteiger partial charge in [0.25, 0.3) is 11.8 Å². The van der Waals surface area contributed by atoms with E-state index in [1.807, 2.05) is 31.2 Å². The molecule has 0 aliphatic rings. The molecule has 0 saturated heterocycles. The Hall–Kier alpha value is -3.25. The maximum Gasteiger partial charge on any atom is 0.287 e. The minimum atomic E-state index is -1.03. The summed E-state index contributed by atoms with van der Waals surface area (Å²) in [7, 11) is 0. The zero-order chi connectivity index (χ0) is 25.8. The summed E-state index contributed by atoms with van der Waals surface area (Å²) in [6.45, 7) is 10.6. The SMILES string of the molecule is CCCCC(NC(=O)c1ccccc1C=Cc1ccc(CN(CCC)C(C)C)cc1)C(=O)C(N)=O. The highest BCUT2D eigenvalue weighted by Gasteiger charge is 2.25. The minimum absolute atomic E-state index is 0.376. The molecule has 2 rings (SSSR count). The standard InChI is InChI=1S/C29H39N3O3/c1-5-7-12-26(27(33)28(30)34)31-29(35)25-11-9-8-10-24(25)18-17-22-13-15-23(16-14-22)20-32(19-6-2)21(3)4/h8-11,13-18,21,26H,5-7,12,19-20H2,1-4H3,(H2,30,34)(H,31,35). The molecule has 6 heteroatoms. The van der Waals surface area contributed by atoms with E-state index in [1.54, 1.807) is 12.1 Å². The smallest absolute Gasteiger partial charge is 0.287 e. The minimum Gasteiger partial charge on any atom is -0.363 e. The normalized spacial score (nSPS) is 12.3. The molecule has 2 aromatic rings. The lowest BCUT2D eigenvalue weighted by molar-refractivity contribution is -0.137. The van der Waals surface area contributed by atoms with Crippen molar-refractivity contribution in [2.45, 2.75) is 72.0 Å². The number of hydrogen-bond donors (Lipinski definition) is 2. The van der Waals surface area contributed by atoms with Crippen LogP contribution in [0.15, 0.2) is 48.5 Å². The molecule has 0 aliphatic carbocycles. The number of amides is 2. The van der Waals surface area contributed by atoms with Gasteiger partial charge in [0, 0.05) is 18.2 Å². The van der Waals surface area contributed by atoms with Crippen LogP contribution in [0.2, 0.25) is 0 Å². The van der Waals surface area contributed by atoms with Crippen LogP contribution < -0.4 is 11.1 Å². The van der Waals surface area contributed by atoms with E-state index < -0.39 is 23.6 Å². The third kappa shape index (κ3) is 8.80. The predicted octanol–water partition coefficient (Wildman–Crippen LogP) is 4.82. The number of nitrogens with one attached hydrogen (secondary N) is 1. The van der Waals surface area contributed by atoms with Crippen LogP contribution in [0.4, 0.5) is 0 Å². The number of hydrogen-bond acceptors (Lipinski definition) is 4. The van der Waals surface area contributed by atoms with E-state index in [2.05, 4.69) is 55.3 Å². The van der Waals surface area contributed by atoms with E-state index in [-0.39, 0.29) is 0 Å². The maximum absolute atomic E-state index is 13.0. The number of Topliss-reactive ketones (excluding diaryl/α,β-unsaturated/α-hetero) is 1. The summed E-state index contributed by atoms with van der Waals surface area (Å²) in [5, 5.41) is 2.70. The molecule has 0 bridgehead atoms. The molecule has 1 unspecified atom stereocenters. The molecule has 2 aromatic carbocycles. The molecule has 35 heavy (non-hydrogen) atoms. The second kappa shape index (κ2) is 14.2. The summed E-state index contributed by atoms with van der Waals surface area (Å²) in [5.74, 6) is -2.20. The van der Waals surface area contributed by atoms with Crippen LogP contribution in [0.25, 0.3) is 12.2 Å². The predicted molar refractivity (Wildman–Crippen MR) is 143 cm³/mol. The summed E-state index contributed by atoms with van der Waals surface area (Å²) in [6, 6.07) is 15.2. The lowest BCUT2D eigenvalue weighted by Gasteiger charge is -2.26. The Morgan fingerprint density at radius 3 is 2.26 bits per heavy atom. The van der Waals surface area contributed by atoms with Gasteiger partial charge in [0.1, 0.15) is 0 Å². The Bertz CT molecular complexity index is 1010.